The molecule has 1 atom stereocenters. The summed E-state index contributed by atoms with van der Waals surface area (Å²) in [5, 5.41) is 9.87. The van der Waals surface area contributed by atoms with Crippen LogP contribution in [0.4, 0.5) is 5.69 Å². The molecule has 2 heterocycles. The number of hydrogen-bond acceptors (Lipinski definition) is 3. The van der Waals surface area contributed by atoms with Gasteiger partial charge < -0.3 is 5.32 Å². The SMILES string of the molecule is Cc1ccsc1C(C)Nc1ccsc1. The zero-order valence-corrected chi connectivity index (χ0v) is 9.91. The van der Waals surface area contributed by atoms with E-state index in [9.17, 15) is 0 Å². The maximum Gasteiger partial charge on any atom is 0.0581 e. The van der Waals surface area contributed by atoms with E-state index >= 15 is 0 Å². The average Bonchev–Trinajstić information content (AvgIpc) is 2.75. The van der Waals surface area contributed by atoms with Crippen molar-refractivity contribution in [3.05, 3.63) is 38.7 Å². The summed E-state index contributed by atoms with van der Waals surface area (Å²) >= 11 is 3.54. The van der Waals surface area contributed by atoms with Gasteiger partial charge in [-0.25, -0.2) is 0 Å². The Labute approximate surface area is 92.4 Å². The molecule has 0 amide bonds. The van der Waals surface area contributed by atoms with Crippen molar-refractivity contribution in [2.75, 3.05) is 5.32 Å². The first kappa shape index (κ1) is 9.74. The normalized spacial score (nSPS) is 12.7. The van der Waals surface area contributed by atoms with Crippen LogP contribution in [-0.2, 0) is 0 Å². The van der Waals surface area contributed by atoms with Crippen molar-refractivity contribution >= 4 is 28.4 Å². The van der Waals surface area contributed by atoms with E-state index in [1.165, 1.54) is 16.1 Å². The molecule has 2 aromatic rings. The van der Waals surface area contributed by atoms with Gasteiger partial charge in [0, 0.05) is 15.9 Å². The van der Waals surface area contributed by atoms with Crippen LogP contribution < -0.4 is 5.32 Å². The molecule has 2 aromatic heterocycles. The Bertz CT molecular complexity index is 389. The first-order chi connectivity index (χ1) is 6.77. The van der Waals surface area contributed by atoms with Crippen LogP contribution in [0.5, 0.6) is 0 Å². The quantitative estimate of drug-likeness (QED) is 0.818. The first-order valence-electron chi connectivity index (χ1n) is 4.60. The molecule has 0 fully saturated rings. The fourth-order valence-electron chi connectivity index (χ4n) is 1.49. The summed E-state index contributed by atoms with van der Waals surface area (Å²) in [4.78, 5) is 1.43. The largest absolute Gasteiger partial charge is 0.377 e. The molecule has 0 aromatic carbocycles. The minimum atomic E-state index is 0.407. The topological polar surface area (TPSA) is 12.0 Å². The third kappa shape index (κ3) is 1.99. The summed E-state index contributed by atoms with van der Waals surface area (Å²) in [6.07, 6.45) is 0. The minimum Gasteiger partial charge on any atom is -0.377 e. The van der Waals surface area contributed by atoms with Crippen LogP contribution in [0.25, 0.3) is 0 Å². The Morgan fingerprint density at radius 3 is 2.71 bits per heavy atom. The predicted molar refractivity (Wildman–Crippen MR) is 65.4 cm³/mol. The molecule has 0 aliphatic rings. The highest BCUT2D eigenvalue weighted by Crippen LogP contribution is 2.27. The van der Waals surface area contributed by atoms with Gasteiger partial charge in [0.25, 0.3) is 0 Å². The lowest BCUT2D eigenvalue weighted by atomic mass is 10.2. The third-order valence-electron chi connectivity index (χ3n) is 2.20. The van der Waals surface area contributed by atoms with Crippen molar-refractivity contribution in [3.63, 3.8) is 0 Å². The number of rotatable bonds is 3. The molecule has 0 spiro atoms. The van der Waals surface area contributed by atoms with E-state index in [1.54, 1.807) is 11.3 Å². The molecule has 1 unspecified atom stereocenters. The molecule has 0 saturated heterocycles. The van der Waals surface area contributed by atoms with Crippen LogP contribution in [0.1, 0.15) is 23.4 Å². The van der Waals surface area contributed by atoms with E-state index in [2.05, 4.69) is 47.4 Å². The summed E-state index contributed by atoms with van der Waals surface area (Å²) in [5.41, 5.74) is 2.60. The van der Waals surface area contributed by atoms with E-state index in [4.69, 9.17) is 0 Å². The first-order valence-corrected chi connectivity index (χ1v) is 6.42. The van der Waals surface area contributed by atoms with Crippen molar-refractivity contribution in [1.29, 1.82) is 0 Å². The van der Waals surface area contributed by atoms with Crippen LogP contribution in [0.3, 0.4) is 0 Å². The average molecular weight is 223 g/mol. The number of anilines is 1. The van der Waals surface area contributed by atoms with E-state index < -0.39 is 0 Å². The zero-order chi connectivity index (χ0) is 9.97. The molecule has 2 rings (SSSR count). The molecule has 1 N–H and O–H groups in total. The van der Waals surface area contributed by atoms with E-state index in [1.807, 2.05) is 11.3 Å². The maximum atomic E-state index is 3.49. The second kappa shape index (κ2) is 4.15. The van der Waals surface area contributed by atoms with Crippen molar-refractivity contribution in [1.82, 2.24) is 0 Å². The van der Waals surface area contributed by atoms with Gasteiger partial charge in [0.2, 0.25) is 0 Å². The molecule has 14 heavy (non-hydrogen) atoms. The van der Waals surface area contributed by atoms with Crippen LogP contribution in [-0.4, -0.2) is 0 Å². The van der Waals surface area contributed by atoms with Gasteiger partial charge in [0.1, 0.15) is 0 Å². The maximum absolute atomic E-state index is 3.49. The lowest BCUT2D eigenvalue weighted by Gasteiger charge is -2.13. The second-order valence-electron chi connectivity index (χ2n) is 3.35. The fraction of sp³-hybridized carbons (Fsp3) is 0.273. The standard InChI is InChI=1S/C11H13NS2/c1-8-3-6-14-11(8)9(2)12-10-4-5-13-7-10/h3-7,9,12H,1-2H3. The molecule has 1 nitrogen and oxygen atoms in total. The lowest BCUT2D eigenvalue weighted by Crippen LogP contribution is -2.04. The monoisotopic (exact) mass is 223 g/mol. The summed E-state index contributed by atoms with van der Waals surface area (Å²) in [7, 11) is 0. The predicted octanol–water partition coefficient (Wildman–Crippen LogP) is 4.29. The fourth-order valence-corrected chi connectivity index (χ4v) is 3.02. The zero-order valence-electron chi connectivity index (χ0n) is 8.28. The smallest absolute Gasteiger partial charge is 0.0581 e. The van der Waals surface area contributed by atoms with Gasteiger partial charge in [0.15, 0.2) is 0 Å². The molecule has 0 saturated carbocycles. The van der Waals surface area contributed by atoms with E-state index in [-0.39, 0.29) is 0 Å². The Balaban J connectivity index is 2.10. The Morgan fingerprint density at radius 1 is 1.29 bits per heavy atom. The highest BCUT2D eigenvalue weighted by Gasteiger charge is 2.09. The highest BCUT2D eigenvalue weighted by atomic mass is 32.1. The molecule has 0 aliphatic carbocycles. The summed E-state index contributed by atoms with van der Waals surface area (Å²) in [6, 6.07) is 4.69. The molecule has 74 valence electrons. The van der Waals surface area contributed by atoms with Crippen LogP contribution in [0.15, 0.2) is 28.3 Å². The van der Waals surface area contributed by atoms with Gasteiger partial charge in [-0.05, 0) is 42.3 Å². The van der Waals surface area contributed by atoms with Gasteiger partial charge in [-0.1, -0.05) is 0 Å². The number of thiophene rings is 2. The highest BCUT2D eigenvalue weighted by molar-refractivity contribution is 7.10. The molecular weight excluding hydrogens is 210 g/mol. The van der Waals surface area contributed by atoms with Gasteiger partial charge >= 0.3 is 0 Å². The van der Waals surface area contributed by atoms with Gasteiger partial charge in [-0.3, -0.25) is 0 Å². The Morgan fingerprint density at radius 2 is 2.14 bits per heavy atom. The van der Waals surface area contributed by atoms with Crippen molar-refractivity contribution in [2.24, 2.45) is 0 Å². The van der Waals surface area contributed by atoms with Crippen LogP contribution in [0, 0.1) is 6.92 Å². The molecule has 0 bridgehead atoms. The van der Waals surface area contributed by atoms with Crippen molar-refractivity contribution in [3.8, 4) is 0 Å². The summed E-state index contributed by atoms with van der Waals surface area (Å²) < 4.78 is 0. The van der Waals surface area contributed by atoms with Gasteiger partial charge in [-0.15, -0.1) is 11.3 Å². The van der Waals surface area contributed by atoms with Crippen molar-refractivity contribution in [2.45, 2.75) is 19.9 Å². The summed E-state index contributed by atoms with van der Waals surface area (Å²) in [5.74, 6) is 0. The number of nitrogens with one attached hydrogen (secondary N) is 1. The minimum absolute atomic E-state index is 0.407. The van der Waals surface area contributed by atoms with Crippen molar-refractivity contribution < 1.29 is 0 Å². The van der Waals surface area contributed by atoms with Crippen LogP contribution in [0.2, 0.25) is 0 Å². The Hall–Kier alpha value is -0.800. The Kier molecular flexibility index (Phi) is 2.89. The second-order valence-corrected chi connectivity index (χ2v) is 5.07. The van der Waals surface area contributed by atoms with Gasteiger partial charge in [-0.2, -0.15) is 11.3 Å². The van der Waals surface area contributed by atoms with Gasteiger partial charge in [0.05, 0.1) is 6.04 Å². The summed E-state index contributed by atoms with van der Waals surface area (Å²) in [6.45, 7) is 4.37. The number of aryl methyl sites for hydroxylation is 1. The molecule has 3 heteroatoms. The molecule has 0 aliphatic heterocycles. The lowest BCUT2D eigenvalue weighted by molar-refractivity contribution is 0.900. The molecule has 0 radical (unpaired) electrons. The van der Waals surface area contributed by atoms with Crippen LogP contribution >= 0.6 is 22.7 Å². The number of hydrogen-bond donors (Lipinski definition) is 1. The molecular formula is C11H13NS2. The third-order valence-corrected chi connectivity index (χ3v) is 4.08. The van der Waals surface area contributed by atoms with E-state index in [0.29, 0.717) is 6.04 Å². The van der Waals surface area contributed by atoms with E-state index in [0.717, 1.165) is 0 Å².